The van der Waals surface area contributed by atoms with E-state index in [0.717, 1.165) is 18.7 Å². The second kappa shape index (κ2) is 8.27. The zero-order valence-electron chi connectivity index (χ0n) is 12.0. The van der Waals surface area contributed by atoms with E-state index >= 15 is 0 Å². The van der Waals surface area contributed by atoms with Crippen molar-refractivity contribution in [3.8, 4) is 0 Å². The van der Waals surface area contributed by atoms with E-state index in [1.807, 2.05) is 19.9 Å². The van der Waals surface area contributed by atoms with Gasteiger partial charge in [-0.1, -0.05) is 12.1 Å². The number of nitro groups is 1. The molecule has 0 fully saturated rings. The number of carbonyl (C=O) groups is 1. The molecule has 1 aromatic rings. The van der Waals surface area contributed by atoms with E-state index in [-0.39, 0.29) is 11.6 Å². The SMILES string of the molecule is CCN(CC)C(=O)CCNCc1cccc([N+](=O)[O-])c1. The van der Waals surface area contributed by atoms with Crippen LogP contribution >= 0.6 is 0 Å². The Kier molecular flexibility index (Phi) is 6.66. The number of hydrogen-bond donors (Lipinski definition) is 1. The van der Waals surface area contributed by atoms with Gasteiger partial charge in [0, 0.05) is 44.7 Å². The van der Waals surface area contributed by atoms with Gasteiger partial charge in [-0.05, 0) is 19.4 Å². The molecular weight excluding hydrogens is 258 g/mol. The summed E-state index contributed by atoms with van der Waals surface area (Å²) in [6, 6.07) is 6.50. The Labute approximate surface area is 118 Å². The third-order valence-corrected chi connectivity index (χ3v) is 3.08. The molecule has 0 radical (unpaired) electrons. The highest BCUT2D eigenvalue weighted by atomic mass is 16.6. The molecule has 1 aromatic carbocycles. The Morgan fingerprint density at radius 2 is 2.05 bits per heavy atom. The maximum Gasteiger partial charge on any atom is 0.269 e. The van der Waals surface area contributed by atoms with Crippen molar-refractivity contribution in [2.45, 2.75) is 26.8 Å². The lowest BCUT2D eigenvalue weighted by atomic mass is 10.2. The van der Waals surface area contributed by atoms with Crippen molar-refractivity contribution in [1.82, 2.24) is 10.2 Å². The molecule has 0 aliphatic carbocycles. The molecule has 6 nitrogen and oxygen atoms in total. The summed E-state index contributed by atoms with van der Waals surface area (Å²) in [6.07, 6.45) is 0.441. The van der Waals surface area contributed by atoms with Crippen LogP contribution in [0.3, 0.4) is 0 Å². The van der Waals surface area contributed by atoms with Crippen LogP contribution in [0.15, 0.2) is 24.3 Å². The molecule has 0 bridgehead atoms. The molecule has 0 unspecified atom stereocenters. The second-order valence-corrected chi connectivity index (χ2v) is 4.42. The number of non-ortho nitro benzene ring substituents is 1. The lowest BCUT2D eigenvalue weighted by Gasteiger charge is -2.18. The van der Waals surface area contributed by atoms with E-state index in [1.54, 1.807) is 17.0 Å². The van der Waals surface area contributed by atoms with Gasteiger partial charge >= 0.3 is 0 Å². The van der Waals surface area contributed by atoms with Gasteiger partial charge in [0.1, 0.15) is 0 Å². The average molecular weight is 279 g/mol. The first-order valence-corrected chi connectivity index (χ1v) is 6.80. The Bertz CT molecular complexity index is 459. The first-order valence-electron chi connectivity index (χ1n) is 6.80. The maximum atomic E-state index is 11.8. The molecule has 0 saturated heterocycles. The van der Waals surface area contributed by atoms with E-state index in [0.29, 0.717) is 19.5 Å². The van der Waals surface area contributed by atoms with Crippen molar-refractivity contribution in [2.75, 3.05) is 19.6 Å². The van der Waals surface area contributed by atoms with Crippen LogP contribution in [0.25, 0.3) is 0 Å². The number of nitro benzene ring substituents is 1. The van der Waals surface area contributed by atoms with Crippen LogP contribution in [0.4, 0.5) is 5.69 Å². The topological polar surface area (TPSA) is 75.5 Å². The number of carbonyl (C=O) groups excluding carboxylic acids is 1. The number of nitrogens with zero attached hydrogens (tertiary/aromatic N) is 2. The van der Waals surface area contributed by atoms with Crippen LogP contribution in [0.5, 0.6) is 0 Å². The summed E-state index contributed by atoms with van der Waals surface area (Å²) in [5.41, 5.74) is 0.929. The normalized spacial score (nSPS) is 10.3. The molecule has 0 saturated carbocycles. The Balaban J connectivity index is 2.36. The van der Waals surface area contributed by atoms with Crippen LogP contribution < -0.4 is 5.32 Å². The summed E-state index contributed by atoms with van der Waals surface area (Å²) < 4.78 is 0. The fourth-order valence-corrected chi connectivity index (χ4v) is 1.94. The molecule has 0 aliphatic rings. The van der Waals surface area contributed by atoms with Crippen LogP contribution in [-0.2, 0) is 11.3 Å². The third kappa shape index (κ3) is 4.97. The van der Waals surface area contributed by atoms with Gasteiger partial charge in [0.15, 0.2) is 0 Å². The van der Waals surface area contributed by atoms with Gasteiger partial charge < -0.3 is 10.2 Å². The standard InChI is InChI=1S/C14H21N3O3/c1-3-16(4-2)14(18)8-9-15-11-12-6-5-7-13(10-12)17(19)20/h5-7,10,15H,3-4,8-9,11H2,1-2H3. The van der Waals surface area contributed by atoms with Crippen LogP contribution in [0, 0.1) is 10.1 Å². The summed E-state index contributed by atoms with van der Waals surface area (Å²) in [4.78, 5) is 23.8. The van der Waals surface area contributed by atoms with Crippen LogP contribution in [-0.4, -0.2) is 35.4 Å². The van der Waals surface area contributed by atoms with Crippen molar-refractivity contribution in [2.24, 2.45) is 0 Å². The minimum absolute atomic E-state index is 0.0866. The molecule has 1 amide bonds. The highest BCUT2D eigenvalue weighted by molar-refractivity contribution is 5.76. The molecule has 0 aliphatic heterocycles. The molecule has 0 aromatic heterocycles. The average Bonchev–Trinajstić information content (AvgIpc) is 2.45. The molecule has 110 valence electrons. The van der Waals surface area contributed by atoms with Crippen LogP contribution in [0.2, 0.25) is 0 Å². The Morgan fingerprint density at radius 1 is 1.35 bits per heavy atom. The molecule has 20 heavy (non-hydrogen) atoms. The highest BCUT2D eigenvalue weighted by Gasteiger charge is 2.09. The van der Waals surface area contributed by atoms with Crippen molar-refractivity contribution in [3.63, 3.8) is 0 Å². The van der Waals surface area contributed by atoms with E-state index in [2.05, 4.69) is 5.32 Å². The first-order chi connectivity index (χ1) is 9.58. The van der Waals surface area contributed by atoms with Gasteiger partial charge in [-0.25, -0.2) is 0 Å². The zero-order valence-corrected chi connectivity index (χ0v) is 12.0. The predicted octanol–water partition coefficient (Wildman–Crippen LogP) is 1.94. The quantitative estimate of drug-likeness (QED) is 0.448. The van der Waals surface area contributed by atoms with Crippen LogP contribution in [0.1, 0.15) is 25.8 Å². The minimum Gasteiger partial charge on any atom is -0.343 e. The largest absolute Gasteiger partial charge is 0.343 e. The molecule has 0 spiro atoms. The summed E-state index contributed by atoms with van der Waals surface area (Å²) in [5, 5.41) is 13.8. The predicted molar refractivity (Wildman–Crippen MR) is 77.3 cm³/mol. The Morgan fingerprint density at radius 3 is 2.65 bits per heavy atom. The van der Waals surface area contributed by atoms with Gasteiger partial charge in [-0.15, -0.1) is 0 Å². The van der Waals surface area contributed by atoms with E-state index in [9.17, 15) is 14.9 Å². The molecule has 1 rings (SSSR count). The van der Waals surface area contributed by atoms with E-state index < -0.39 is 4.92 Å². The number of nitrogens with one attached hydrogen (secondary N) is 1. The van der Waals surface area contributed by atoms with Gasteiger partial charge in [-0.3, -0.25) is 14.9 Å². The second-order valence-electron chi connectivity index (χ2n) is 4.42. The summed E-state index contributed by atoms with van der Waals surface area (Å²) in [7, 11) is 0. The fourth-order valence-electron chi connectivity index (χ4n) is 1.94. The van der Waals surface area contributed by atoms with Gasteiger partial charge in [0.2, 0.25) is 5.91 Å². The lowest BCUT2D eigenvalue weighted by Crippen LogP contribution is -2.32. The fraction of sp³-hybridized carbons (Fsp3) is 0.500. The number of rotatable bonds is 8. The Hall–Kier alpha value is -1.95. The molecule has 6 heteroatoms. The van der Waals surface area contributed by atoms with Gasteiger partial charge in [0.05, 0.1) is 4.92 Å². The van der Waals surface area contributed by atoms with Crippen molar-refractivity contribution < 1.29 is 9.72 Å². The number of amides is 1. The molecule has 0 heterocycles. The van der Waals surface area contributed by atoms with Gasteiger partial charge in [0.25, 0.3) is 5.69 Å². The van der Waals surface area contributed by atoms with Crippen molar-refractivity contribution in [1.29, 1.82) is 0 Å². The number of benzene rings is 1. The monoisotopic (exact) mass is 279 g/mol. The smallest absolute Gasteiger partial charge is 0.269 e. The van der Waals surface area contributed by atoms with Crippen molar-refractivity contribution in [3.05, 3.63) is 39.9 Å². The first kappa shape index (κ1) is 16.1. The number of hydrogen-bond acceptors (Lipinski definition) is 4. The van der Waals surface area contributed by atoms with Crippen molar-refractivity contribution >= 4 is 11.6 Å². The summed E-state index contributed by atoms with van der Waals surface area (Å²) in [5.74, 6) is 0.126. The molecular formula is C14H21N3O3. The third-order valence-electron chi connectivity index (χ3n) is 3.08. The maximum absolute atomic E-state index is 11.8. The van der Waals surface area contributed by atoms with Gasteiger partial charge in [-0.2, -0.15) is 0 Å². The molecule has 0 atom stereocenters. The summed E-state index contributed by atoms with van der Waals surface area (Å²) >= 11 is 0. The van der Waals surface area contributed by atoms with E-state index in [1.165, 1.54) is 6.07 Å². The van der Waals surface area contributed by atoms with E-state index in [4.69, 9.17) is 0 Å². The minimum atomic E-state index is -0.409. The zero-order chi connectivity index (χ0) is 15.0. The highest BCUT2D eigenvalue weighted by Crippen LogP contribution is 2.12. The summed E-state index contributed by atoms with van der Waals surface area (Å²) in [6.45, 7) is 6.45. The molecule has 1 N–H and O–H groups in total. The lowest BCUT2D eigenvalue weighted by molar-refractivity contribution is -0.384.